The molecule has 64 valence electrons. The number of rotatable bonds is 1. The molecule has 2 rings (SSSR count). The molecule has 5 heteroatoms. The van der Waals surface area contributed by atoms with E-state index in [-0.39, 0.29) is 10.6 Å². The standard InChI is InChI=1S/C8H3FN2OS/c9-5-2-1-3-6-7(5)11-8(13-6)10-4-12/h1-3H. The molecule has 0 atom stereocenters. The van der Waals surface area contributed by atoms with Gasteiger partial charge in [-0.1, -0.05) is 17.4 Å². The molecule has 2 aromatic rings. The van der Waals surface area contributed by atoms with E-state index >= 15 is 0 Å². The third kappa shape index (κ3) is 1.35. The van der Waals surface area contributed by atoms with E-state index in [1.165, 1.54) is 12.1 Å². The van der Waals surface area contributed by atoms with E-state index in [2.05, 4.69) is 9.98 Å². The van der Waals surface area contributed by atoms with E-state index in [9.17, 15) is 9.18 Å². The summed E-state index contributed by atoms with van der Waals surface area (Å²) in [6.07, 6.45) is 1.36. The third-order valence-electron chi connectivity index (χ3n) is 1.50. The lowest BCUT2D eigenvalue weighted by Gasteiger charge is -1.86. The molecule has 0 amide bonds. The highest BCUT2D eigenvalue weighted by molar-refractivity contribution is 7.21. The Hall–Kier alpha value is -1.58. The van der Waals surface area contributed by atoms with Crippen molar-refractivity contribution < 1.29 is 9.18 Å². The molecule has 3 nitrogen and oxygen atoms in total. The van der Waals surface area contributed by atoms with Crippen LogP contribution in [0, 0.1) is 5.82 Å². The van der Waals surface area contributed by atoms with Gasteiger partial charge < -0.3 is 0 Å². The van der Waals surface area contributed by atoms with Crippen LogP contribution < -0.4 is 0 Å². The number of fused-ring (bicyclic) bond motifs is 1. The molecular weight excluding hydrogens is 191 g/mol. The Balaban J connectivity index is 2.75. The van der Waals surface area contributed by atoms with Crippen LogP contribution in [0.25, 0.3) is 10.2 Å². The summed E-state index contributed by atoms with van der Waals surface area (Å²) in [6, 6.07) is 4.63. The van der Waals surface area contributed by atoms with E-state index in [1.54, 1.807) is 12.1 Å². The van der Waals surface area contributed by atoms with E-state index < -0.39 is 5.82 Å². The minimum absolute atomic E-state index is 0.232. The molecule has 0 aliphatic carbocycles. The van der Waals surface area contributed by atoms with E-state index in [0.717, 1.165) is 11.3 Å². The Morgan fingerprint density at radius 3 is 3.08 bits per heavy atom. The van der Waals surface area contributed by atoms with Gasteiger partial charge in [-0.3, -0.25) is 0 Å². The van der Waals surface area contributed by atoms with Crippen molar-refractivity contribution in [1.29, 1.82) is 0 Å². The molecule has 0 unspecified atom stereocenters. The summed E-state index contributed by atoms with van der Waals surface area (Å²) < 4.78 is 13.7. The lowest BCUT2D eigenvalue weighted by Crippen LogP contribution is -1.74. The van der Waals surface area contributed by atoms with Gasteiger partial charge in [-0.25, -0.2) is 14.2 Å². The molecule has 0 aliphatic rings. The van der Waals surface area contributed by atoms with Crippen LogP contribution in [0.15, 0.2) is 23.2 Å². The minimum atomic E-state index is -0.402. The van der Waals surface area contributed by atoms with Crippen LogP contribution in [-0.4, -0.2) is 11.1 Å². The van der Waals surface area contributed by atoms with Crippen molar-refractivity contribution >= 4 is 32.8 Å². The van der Waals surface area contributed by atoms with Gasteiger partial charge in [0.15, 0.2) is 0 Å². The SMILES string of the molecule is O=C=Nc1nc2c(F)cccc2s1. The summed E-state index contributed by atoms with van der Waals surface area (Å²) in [5.41, 5.74) is 0.251. The van der Waals surface area contributed by atoms with Crippen LogP contribution in [0.5, 0.6) is 0 Å². The summed E-state index contributed by atoms with van der Waals surface area (Å²) in [5, 5.41) is 0.232. The lowest BCUT2D eigenvalue weighted by molar-refractivity contribution is 0.565. The third-order valence-corrected chi connectivity index (χ3v) is 2.41. The summed E-state index contributed by atoms with van der Waals surface area (Å²) in [6.45, 7) is 0. The maximum absolute atomic E-state index is 13.0. The van der Waals surface area contributed by atoms with Crippen molar-refractivity contribution in [3.8, 4) is 0 Å². The van der Waals surface area contributed by atoms with Crippen molar-refractivity contribution in [1.82, 2.24) is 4.98 Å². The van der Waals surface area contributed by atoms with Crippen molar-refractivity contribution in [2.45, 2.75) is 0 Å². The van der Waals surface area contributed by atoms with Gasteiger partial charge in [-0.2, -0.15) is 0 Å². The van der Waals surface area contributed by atoms with E-state index in [4.69, 9.17) is 0 Å². The highest BCUT2D eigenvalue weighted by atomic mass is 32.1. The number of halogens is 1. The second-order valence-corrected chi connectivity index (χ2v) is 3.30. The van der Waals surface area contributed by atoms with Gasteiger partial charge in [-0.05, 0) is 12.1 Å². The Morgan fingerprint density at radius 2 is 2.38 bits per heavy atom. The Morgan fingerprint density at radius 1 is 1.54 bits per heavy atom. The van der Waals surface area contributed by atoms with Crippen LogP contribution in [0.1, 0.15) is 0 Å². The van der Waals surface area contributed by atoms with Gasteiger partial charge in [0.1, 0.15) is 11.3 Å². The first kappa shape index (κ1) is 8.04. The molecule has 0 saturated heterocycles. The zero-order valence-electron chi connectivity index (χ0n) is 6.32. The van der Waals surface area contributed by atoms with Gasteiger partial charge in [0, 0.05) is 0 Å². The molecule has 1 aromatic carbocycles. The zero-order chi connectivity index (χ0) is 9.26. The monoisotopic (exact) mass is 194 g/mol. The molecule has 0 aliphatic heterocycles. The number of aromatic nitrogens is 1. The number of carbonyl (C=O) groups excluding carboxylic acids is 1. The van der Waals surface area contributed by atoms with E-state index in [0.29, 0.717) is 4.70 Å². The molecule has 0 radical (unpaired) electrons. The predicted molar refractivity (Wildman–Crippen MR) is 47.4 cm³/mol. The smallest absolute Gasteiger partial charge is 0.215 e. The Labute approximate surface area is 76.6 Å². The van der Waals surface area contributed by atoms with Crippen LogP contribution in [0.2, 0.25) is 0 Å². The van der Waals surface area contributed by atoms with Gasteiger partial charge in [0.25, 0.3) is 0 Å². The van der Waals surface area contributed by atoms with Gasteiger partial charge in [-0.15, -0.1) is 4.99 Å². The van der Waals surface area contributed by atoms with Crippen LogP contribution in [-0.2, 0) is 4.79 Å². The largest absolute Gasteiger partial charge is 0.242 e. The fraction of sp³-hybridized carbons (Fsp3) is 0. The average Bonchev–Trinajstić information content (AvgIpc) is 2.49. The lowest BCUT2D eigenvalue weighted by atomic mass is 10.3. The molecule has 0 spiro atoms. The number of aliphatic imine (C=N–C) groups is 1. The Kier molecular flexibility index (Phi) is 1.88. The average molecular weight is 194 g/mol. The molecule has 0 bridgehead atoms. The molecule has 13 heavy (non-hydrogen) atoms. The minimum Gasteiger partial charge on any atom is -0.215 e. The molecular formula is C8H3FN2OS. The number of nitrogens with zero attached hydrogens (tertiary/aromatic N) is 2. The predicted octanol–water partition coefficient (Wildman–Crippen LogP) is 2.40. The fourth-order valence-electron chi connectivity index (χ4n) is 0.990. The first-order chi connectivity index (χ1) is 6.31. The number of thiazole rings is 1. The summed E-state index contributed by atoms with van der Waals surface area (Å²) in [5.74, 6) is -0.402. The van der Waals surface area contributed by atoms with Crippen molar-refractivity contribution in [3.63, 3.8) is 0 Å². The van der Waals surface area contributed by atoms with Gasteiger partial charge in [0.2, 0.25) is 11.2 Å². The molecule has 0 fully saturated rings. The fourth-order valence-corrected chi connectivity index (χ4v) is 1.79. The molecule has 0 saturated carbocycles. The number of hydrogen-bond acceptors (Lipinski definition) is 4. The van der Waals surface area contributed by atoms with Crippen LogP contribution >= 0.6 is 11.3 Å². The number of isocyanates is 1. The maximum atomic E-state index is 13.0. The van der Waals surface area contributed by atoms with E-state index in [1.807, 2.05) is 0 Å². The van der Waals surface area contributed by atoms with Crippen LogP contribution in [0.3, 0.4) is 0 Å². The topological polar surface area (TPSA) is 42.3 Å². The van der Waals surface area contributed by atoms with Crippen molar-refractivity contribution in [3.05, 3.63) is 24.0 Å². The number of para-hydroxylation sites is 1. The zero-order valence-corrected chi connectivity index (χ0v) is 7.14. The first-order valence-corrected chi connectivity index (χ1v) is 4.26. The van der Waals surface area contributed by atoms with Gasteiger partial charge in [0.05, 0.1) is 4.70 Å². The molecule has 1 aromatic heterocycles. The number of hydrogen-bond donors (Lipinski definition) is 0. The highest BCUT2D eigenvalue weighted by Gasteiger charge is 2.06. The summed E-state index contributed by atoms with van der Waals surface area (Å²) in [7, 11) is 0. The summed E-state index contributed by atoms with van der Waals surface area (Å²) >= 11 is 1.16. The van der Waals surface area contributed by atoms with Crippen molar-refractivity contribution in [2.24, 2.45) is 4.99 Å². The first-order valence-electron chi connectivity index (χ1n) is 3.44. The normalized spacial score (nSPS) is 9.92. The van der Waals surface area contributed by atoms with Gasteiger partial charge >= 0.3 is 0 Å². The quantitative estimate of drug-likeness (QED) is 0.516. The second kappa shape index (κ2) is 3.05. The number of benzene rings is 1. The summed E-state index contributed by atoms with van der Waals surface area (Å²) in [4.78, 5) is 17.1. The Bertz CT molecular complexity index is 502. The van der Waals surface area contributed by atoms with Crippen molar-refractivity contribution in [2.75, 3.05) is 0 Å². The maximum Gasteiger partial charge on any atom is 0.242 e. The highest BCUT2D eigenvalue weighted by Crippen LogP contribution is 2.28. The van der Waals surface area contributed by atoms with Crippen LogP contribution in [0.4, 0.5) is 9.52 Å². The molecule has 0 N–H and O–H groups in total. The molecule has 1 heterocycles. The second-order valence-electron chi connectivity index (χ2n) is 2.29.